The van der Waals surface area contributed by atoms with Crippen LogP contribution in [-0.2, 0) is 11.2 Å². The fourth-order valence-corrected chi connectivity index (χ4v) is 5.11. The number of allylic oxidation sites excluding steroid dienone is 3. The van der Waals surface area contributed by atoms with Crippen molar-refractivity contribution in [1.82, 2.24) is 4.90 Å². The largest absolute Gasteiger partial charge is 0.508 e. The smallest absolute Gasteiger partial charge is 0.193 e. The molecule has 0 aromatic heterocycles. The number of ether oxygens (including phenoxy) is 2. The molecule has 7 nitrogen and oxygen atoms in total. The van der Waals surface area contributed by atoms with Crippen LogP contribution in [0.3, 0.4) is 0 Å². The molecule has 4 rings (SSSR count). The monoisotopic (exact) mass is 607 g/mol. The maximum atomic E-state index is 13.7. The molecule has 1 unspecified atom stereocenters. The second kappa shape index (κ2) is 13.2. The van der Waals surface area contributed by atoms with Crippen molar-refractivity contribution in [1.29, 1.82) is 0 Å². The first-order chi connectivity index (χ1) is 19.2. The molecule has 3 aromatic rings. The maximum absolute atomic E-state index is 13.7. The van der Waals surface area contributed by atoms with E-state index in [2.05, 4.69) is 20.8 Å². The van der Waals surface area contributed by atoms with E-state index < -0.39 is 11.8 Å². The number of carbonyl (C=O) groups excluding carboxylic acids is 1. The van der Waals surface area contributed by atoms with Crippen LogP contribution in [-0.4, -0.2) is 59.4 Å². The van der Waals surface area contributed by atoms with Gasteiger partial charge in [-0.25, -0.2) is 0 Å². The summed E-state index contributed by atoms with van der Waals surface area (Å²) < 4.78 is 12.4. The van der Waals surface area contributed by atoms with Crippen molar-refractivity contribution >= 4 is 27.8 Å². The predicted molar refractivity (Wildman–Crippen MR) is 159 cm³/mol. The van der Waals surface area contributed by atoms with Crippen LogP contribution in [0.25, 0.3) is 6.08 Å². The van der Waals surface area contributed by atoms with E-state index >= 15 is 0 Å². The lowest BCUT2D eigenvalue weighted by Crippen LogP contribution is -2.39. The quantitative estimate of drug-likeness (QED) is 0.147. The second-order valence-corrected chi connectivity index (χ2v) is 10.8. The van der Waals surface area contributed by atoms with Gasteiger partial charge >= 0.3 is 0 Å². The van der Waals surface area contributed by atoms with E-state index in [1.54, 1.807) is 18.2 Å². The van der Waals surface area contributed by atoms with Gasteiger partial charge in [0.1, 0.15) is 28.6 Å². The number of benzene rings is 3. The summed E-state index contributed by atoms with van der Waals surface area (Å²) in [7, 11) is 1.44. The Hall–Kier alpha value is -3.59. The molecule has 3 N–H and O–H groups in total. The number of hydrogen-bond acceptors (Lipinski definition) is 7. The first-order valence-electron chi connectivity index (χ1n) is 13.1. The van der Waals surface area contributed by atoms with Gasteiger partial charge in [-0.3, -0.25) is 9.69 Å². The van der Waals surface area contributed by atoms with Crippen LogP contribution in [0, 0.1) is 0 Å². The number of morpholine rings is 1. The van der Waals surface area contributed by atoms with Gasteiger partial charge in [-0.2, -0.15) is 0 Å². The van der Waals surface area contributed by atoms with Crippen LogP contribution in [0.4, 0.5) is 0 Å². The first kappa shape index (κ1) is 29.4. The number of methoxy groups -OCH3 is 1. The lowest BCUT2D eigenvalue weighted by Gasteiger charge is -2.36. The Kier molecular flexibility index (Phi) is 9.68. The average molecular weight is 609 g/mol. The SMILES string of the molecule is COc1c(C(=O)/C=C/c2ccc(O)cc2)c(O)c(CC=C(C)C)c(O)c1C(c1ccc(Br)cc1)N1CCOCC1. The molecule has 40 heavy (non-hydrogen) atoms. The van der Waals surface area contributed by atoms with Crippen LogP contribution in [0.15, 0.2) is 70.7 Å². The number of aromatic hydroxyl groups is 3. The summed E-state index contributed by atoms with van der Waals surface area (Å²) in [5.41, 5.74) is 3.27. The van der Waals surface area contributed by atoms with Gasteiger partial charge in [0.2, 0.25) is 0 Å². The van der Waals surface area contributed by atoms with Gasteiger partial charge in [-0.05, 0) is 61.7 Å². The Morgan fingerprint density at radius 1 is 1.02 bits per heavy atom. The van der Waals surface area contributed by atoms with E-state index in [4.69, 9.17) is 9.47 Å². The molecule has 1 saturated heterocycles. The summed E-state index contributed by atoms with van der Waals surface area (Å²) >= 11 is 3.50. The van der Waals surface area contributed by atoms with E-state index in [0.29, 0.717) is 37.4 Å². The molecule has 0 radical (unpaired) electrons. The highest BCUT2D eigenvalue weighted by atomic mass is 79.9. The first-order valence-corrected chi connectivity index (χ1v) is 13.9. The van der Waals surface area contributed by atoms with Crippen LogP contribution in [0.1, 0.15) is 52.5 Å². The minimum atomic E-state index is -0.473. The van der Waals surface area contributed by atoms with Crippen molar-refractivity contribution < 1.29 is 29.6 Å². The van der Waals surface area contributed by atoms with Gasteiger partial charge in [0.05, 0.1) is 31.9 Å². The third-order valence-corrected chi connectivity index (χ3v) is 7.42. The Morgan fingerprint density at radius 3 is 2.27 bits per heavy atom. The number of phenols is 3. The van der Waals surface area contributed by atoms with Crippen molar-refractivity contribution in [3.05, 3.63) is 98.5 Å². The van der Waals surface area contributed by atoms with Crippen molar-refractivity contribution in [2.75, 3.05) is 33.4 Å². The zero-order valence-corrected chi connectivity index (χ0v) is 24.4. The van der Waals surface area contributed by atoms with Crippen molar-refractivity contribution in [3.63, 3.8) is 0 Å². The average Bonchev–Trinajstić information content (AvgIpc) is 2.95. The maximum Gasteiger partial charge on any atom is 0.193 e. The van der Waals surface area contributed by atoms with Gasteiger partial charge in [-0.15, -0.1) is 0 Å². The highest BCUT2D eigenvalue weighted by Gasteiger charge is 2.35. The van der Waals surface area contributed by atoms with E-state index in [1.165, 1.54) is 25.3 Å². The fraction of sp³-hybridized carbons (Fsp3) is 0.281. The summed E-state index contributed by atoms with van der Waals surface area (Å²) in [6.45, 7) is 6.14. The minimum absolute atomic E-state index is 0.0159. The van der Waals surface area contributed by atoms with E-state index in [9.17, 15) is 20.1 Å². The molecular weight excluding hydrogens is 574 g/mol. The van der Waals surface area contributed by atoms with Gasteiger partial charge in [-0.1, -0.05) is 57.9 Å². The number of hydrogen-bond donors (Lipinski definition) is 3. The summed E-state index contributed by atoms with van der Waals surface area (Å²) in [6.07, 6.45) is 5.10. The minimum Gasteiger partial charge on any atom is -0.508 e. The van der Waals surface area contributed by atoms with Gasteiger partial charge in [0, 0.05) is 23.1 Å². The molecule has 1 atom stereocenters. The molecular formula is C32H34BrNO6. The molecule has 0 aliphatic carbocycles. The number of carbonyl (C=O) groups is 1. The molecule has 210 valence electrons. The second-order valence-electron chi connectivity index (χ2n) is 9.87. The molecule has 1 aliphatic heterocycles. The summed E-state index contributed by atoms with van der Waals surface area (Å²) in [5.74, 6) is -0.649. The van der Waals surface area contributed by atoms with Gasteiger partial charge in [0.15, 0.2) is 5.78 Å². The van der Waals surface area contributed by atoms with Crippen molar-refractivity contribution in [2.24, 2.45) is 0 Å². The Labute approximate surface area is 243 Å². The summed E-state index contributed by atoms with van der Waals surface area (Å²) in [6, 6.07) is 13.8. The molecule has 0 amide bonds. The zero-order valence-electron chi connectivity index (χ0n) is 22.9. The topological polar surface area (TPSA) is 99.5 Å². The van der Waals surface area contributed by atoms with Crippen molar-refractivity contribution in [2.45, 2.75) is 26.3 Å². The molecule has 0 spiro atoms. The number of ketones is 1. The van der Waals surface area contributed by atoms with E-state index in [0.717, 1.165) is 15.6 Å². The molecule has 1 aliphatic rings. The van der Waals surface area contributed by atoms with Gasteiger partial charge < -0.3 is 24.8 Å². The molecule has 8 heteroatoms. The molecule has 1 fully saturated rings. The predicted octanol–water partition coefficient (Wildman–Crippen LogP) is 6.40. The Morgan fingerprint density at radius 2 is 1.68 bits per heavy atom. The molecule has 0 saturated carbocycles. The highest BCUT2D eigenvalue weighted by Crippen LogP contribution is 2.49. The normalized spacial score (nSPS) is 14.7. The Bertz CT molecular complexity index is 1400. The Balaban J connectivity index is 1.95. The van der Waals surface area contributed by atoms with Crippen LogP contribution >= 0.6 is 15.9 Å². The lowest BCUT2D eigenvalue weighted by molar-refractivity contribution is 0.0231. The number of rotatable bonds is 9. The molecule has 0 bridgehead atoms. The third-order valence-electron chi connectivity index (χ3n) is 6.89. The fourth-order valence-electron chi connectivity index (χ4n) is 4.85. The number of halogens is 1. The molecule has 1 heterocycles. The summed E-state index contributed by atoms with van der Waals surface area (Å²) in [5, 5.41) is 32.8. The number of phenolic OH excluding ortho intramolecular Hbond substituents is 3. The number of nitrogens with zero attached hydrogens (tertiary/aromatic N) is 1. The zero-order chi connectivity index (χ0) is 28.8. The van der Waals surface area contributed by atoms with Crippen LogP contribution < -0.4 is 4.74 Å². The van der Waals surface area contributed by atoms with E-state index in [-0.39, 0.29) is 40.5 Å². The summed E-state index contributed by atoms with van der Waals surface area (Å²) in [4.78, 5) is 15.9. The van der Waals surface area contributed by atoms with E-state index in [1.807, 2.05) is 44.2 Å². The van der Waals surface area contributed by atoms with Crippen molar-refractivity contribution in [3.8, 4) is 23.0 Å². The molecule has 3 aromatic carbocycles. The standard InChI is InChI=1S/C32H34BrNO6/c1-20(2)4-14-25-30(37)27(26(36)15-7-21-5-12-24(35)13-6-21)32(39-3)28(31(25)38)29(34-16-18-40-19-17-34)22-8-10-23(33)11-9-22/h4-13,15,29,35,37-38H,14,16-19H2,1-3H3/b15-7+. The van der Waals surface area contributed by atoms with Gasteiger partial charge in [0.25, 0.3) is 0 Å². The highest BCUT2D eigenvalue weighted by molar-refractivity contribution is 9.10. The van der Waals surface area contributed by atoms with Crippen LogP contribution in [0.5, 0.6) is 23.0 Å². The van der Waals surface area contributed by atoms with Crippen LogP contribution in [0.2, 0.25) is 0 Å². The third kappa shape index (κ3) is 6.58. The lowest BCUT2D eigenvalue weighted by atomic mass is 9.88.